The molecule has 0 aromatic heterocycles. The Labute approximate surface area is 134 Å². The molecule has 1 heterocycles. The van der Waals surface area contributed by atoms with Gasteiger partial charge < -0.3 is 9.84 Å². The first-order valence-electron chi connectivity index (χ1n) is 6.61. The standard InChI is InChI=1S/C13H17Cl2NO4S/c14-11-1-2-12(13(15)10(11)7-17)21(18,19)16-5-3-9-4-6-20-8-9/h1-2,9,16-17H,3-8H2. The fraction of sp³-hybridized carbons (Fsp3) is 0.538. The van der Waals surface area contributed by atoms with Gasteiger partial charge in [0.1, 0.15) is 4.90 Å². The fourth-order valence-electron chi connectivity index (χ4n) is 2.21. The highest BCUT2D eigenvalue weighted by Crippen LogP contribution is 2.31. The van der Waals surface area contributed by atoms with Crippen LogP contribution in [0.15, 0.2) is 17.0 Å². The van der Waals surface area contributed by atoms with Crippen molar-refractivity contribution < 1.29 is 18.3 Å². The number of sulfonamides is 1. The Balaban J connectivity index is 2.08. The molecule has 0 bridgehead atoms. The Bertz CT molecular complexity index is 600. The molecule has 1 aliphatic heterocycles. The number of rotatable bonds is 6. The van der Waals surface area contributed by atoms with Crippen molar-refractivity contribution in [3.05, 3.63) is 27.7 Å². The molecule has 1 atom stereocenters. The number of aliphatic hydroxyl groups is 1. The molecule has 118 valence electrons. The maximum Gasteiger partial charge on any atom is 0.242 e. The smallest absolute Gasteiger partial charge is 0.242 e. The van der Waals surface area contributed by atoms with E-state index in [1.165, 1.54) is 12.1 Å². The van der Waals surface area contributed by atoms with E-state index in [0.29, 0.717) is 19.1 Å². The molecule has 1 aromatic carbocycles. The largest absolute Gasteiger partial charge is 0.392 e. The second-order valence-electron chi connectivity index (χ2n) is 4.91. The van der Waals surface area contributed by atoms with E-state index in [4.69, 9.17) is 27.9 Å². The quantitative estimate of drug-likeness (QED) is 0.821. The average Bonchev–Trinajstić information content (AvgIpc) is 2.92. The highest BCUT2D eigenvalue weighted by Gasteiger charge is 2.22. The topological polar surface area (TPSA) is 75.6 Å². The summed E-state index contributed by atoms with van der Waals surface area (Å²) in [6.07, 6.45) is 1.68. The third kappa shape index (κ3) is 4.09. The molecule has 0 aliphatic carbocycles. The SMILES string of the molecule is O=S(=O)(NCCC1CCOC1)c1ccc(Cl)c(CO)c1Cl. The van der Waals surface area contributed by atoms with Gasteiger partial charge in [-0.15, -0.1) is 0 Å². The molecule has 0 saturated carbocycles. The molecule has 0 radical (unpaired) electrons. The Hall–Kier alpha value is -0.370. The highest BCUT2D eigenvalue weighted by atomic mass is 35.5. The van der Waals surface area contributed by atoms with E-state index in [1.807, 2.05) is 0 Å². The average molecular weight is 354 g/mol. The Morgan fingerprint density at radius 1 is 1.38 bits per heavy atom. The van der Waals surface area contributed by atoms with E-state index in [2.05, 4.69) is 4.72 Å². The molecule has 1 unspecified atom stereocenters. The Morgan fingerprint density at radius 3 is 2.76 bits per heavy atom. The second kappa shape index (κ2) is 7.26. The molecule has 2 N–H and O–H groups in total. The lowest BCUT2D eigenvalue weighted by Gasteiger charge is -2.13. The van der Waals surface area contributed by atoms with E-state index in [-0.39, 0.29) is 20.5 Å². The van der Waals surface area contributed by atoms with Crippen LogP contribution in [0.25, 0.3) is 0 Å². The van der Waals surface area contributed by atoms with E-state index in [1.54, 1.807) is 0 Å². The van der Waals surface area contributed by atoms with Crippen molar-refractivity contribution in [2.45, 2.75) is 24.3 Å². The van der Waals surface area contributed by atoms with E-state index < -0.39 is 16.6 Å². The van der Waals surface area contributed by atoms with Crippen LogP contribution in [0.2, 0.25) is 10.0 Å². The molecule has 0 amide bonds. The monoisotopic (exact) mass is 353 g/mol. The van der Waals surface area contributed by atoms with Gasteiger partial charge >= 0.3 is 0 Å². The molecule has 0 spiro atoms. The van der Waals surface area contributed by atoms with Crippen LogP contribution in [-0.4, -0.2) is 33.3 Å². The first-order chi connectivity index (χ1) is 9.95. The van der Waals surface area contributed by atoms with Crippen molar-refractivity contribution >= 4 is 33.2 Å². The molecule has 1 aromatic rings. The van der Waals surface area contributed by atoms with Gasteiger partial charge in [-0.25, -0.2) is 13.1 Å². The molecule has 5 nitrogen and oxygen atoms in total. The fourth-order valence-corrected chi connectivity index (χ4v) is 4.16. The van der Waals surface area contributed by atoms with Crippen LogP contribution >= 0.6 is 23.2 Å². The van der Waals surface area contributed by atoms with Crippen molar-refractivity contribution in [2.24, 2.45) is 5.92 Å². The van der Waals surface area contributed by atoms with Crippen LogP contribution in [0.1, 0.15) is 18.4 Å². The van der Waals surface area contributed by atoms with Gasteiger partial charge in [-0.05, 0) is 30.9 Å². The molecule has 21 heavy (non-hydrogen) atoms. The molecular weight excluding hydrogens is 337 g/mol. The van der Waals surface area contributed by atoms with E-state index >= 15 is 0 Å². The van der Waals surface area contributed by atoms with Gasteiger partial charge in [0.2, 0.25) is 10.0 Å². The van der Waals surface area contributed by atoms with Crippen molar-refractivity contribution in [3.8, 4) is 0 Å². The zero-order chi connectivity index (χ0) is 15.5. The summed E-state index contributed by atoms with van der Waals surface area (Å²) in [7, 11) is -3.72. The van der Waals surface area contributed by atoms with Gasteiger partial charge in [0.25, 0.3) is 0 Å². The summed E-state index contributed by atoms with van der Waals surface area (Å²) >= 11 is 11.9. The zero-order valence-electron chi connectivity index (χ0n) is 11.3. The maximum absolute atomic E-state index is 12.3. The number of benzene rings is 1. The van der Waals surface area contributed by atoms with Crippen LogP contribution in [-0.2, 0) is 21.4 Å². The minimum Gasteiger partial charge on any atom is -0.392 e. The molecule has 8 heteroatoms. The zero-order valence-corrected chi connectivity index (χ0v) is 13.6. The molecule has 1 aliphatic rings. The summed E-state index contributed by atoms with van der Waals surface area (Å²) in [5.74, 6) is 0.390. The summed E-state index contributed by atoms with van der Waals surface area (Å²) in [6.45, 7) is 1.32. The lowest BCUT2D eigenvalue weighted by atomic mass is 10.1. The van der Waals surface area contributed by atoms with Crippen LogP contribution in [0.4, 0.5) is 0 Å². The number of hydrogen-bond donors (Lipinski definition) is 2. The van der Waals surface area contributed by atoms with Crippen LogP contribution < -0.4 is 4.72 Å². The van der Waals surface area contributed by atoms with Crippen molar-refractivity contribution in [1.29, 1.82) is 0 Å². The molecular formula is C13H17Cl2NO4S. The lowest BCUT2D eigenvalue weighted by molar-refractivity contribution is 0.184. The molecule has 1 fully saturated rings. The Kier molecular flexibility index (Phi) is 5.88. The van der Waals surface area contributed by atoms with Crippen LogP contribution in [0.3, 0.4) is 0 Å². The van der Waals surface area contributed by atoms with Gasteiger partial charge in [0.05, 0.1) is 11.6 Å². The first-order valence-corrected chi connectivity index (χ1v) is 8.84. The minimum atomic E-state index is -3.72. The number of aliphatic hydroxyl groups excluding tert-OH is 1. The lowest BCUT2D eigenvalue weighted by Crippen LogP contribution is -2.26. The van der Waals surface area contributed by atoms with Crippen LogP contribution in [0, 0.1) is 5.92 Å². The highest BCUT2D eigenvalue weighted by molar-refractivity contribution is 7.89. The third-order valence-corrected chi connectivity index (χ3v) is 5.87. The predicted molar refractivity (Wildman–Crippen MR) is 81.1 cm³/mol. The van der Waals surface area contributed by atoms with Gasteiger partial charge in [0, 0.05) is 30.3 Å². The Morgan fingerprint density at radius 2 is 2.14 bits per heavy atom. The second-order valence-corrected chi connectivity index (χ2v) is 7.43. The molecule has 1 saturated heterocycles. The van der Waals surface area contributed by atoms with Crippen molar-refractivity contribution in [1.82, 2.24) is 4.72 Å². The number of ether oxygens (including phenoxy) is 1. The maximum atomic E-state index is 12.3. The number of halogens is 2. The normalized spacial score (nSPS) is 19.1. The van der Waals surface area contributed by atoms with Crippen LogP contribution in [0.5, 0.6) is 0 Å². The molecule has 2 rings (SSSR count). The van der Waals surface area contributed by atoms with Crippen molar-refractivity contribution in [3.63, 3.8) is 0 Å². The first kappa shape index (κ1) is 17.0. The van der Waals surface area contributed by atoms with E-state index in [9.17, 15) is 13.5 Å². The summed E-state index contributed by atoms with van der Waals surface area (Å²) in [5, 5.41) is 9.41. The summed E-state index contributed by atoms with van der Waals surface area (Å²) in [5.41, 5.74) is 0.213. The number of nitrogens with one attached hydrogen (secondary N) is 1. The predicted octanol–water partition coefficient (Wildman–Crippen LogP) is 2.19. The van der Waals surface area contributed by atoms with Gasteiger partial charge in [-0.3, -0.25) is 0 Å². The van der Waals surface area contributed by atoms with Gasteiger partial charge in [0.15, 0.2) is 0 Å². The van der Waals surface area contributed by atoms with E-state index in [0.717, 1.165) is 19.4 Å². The summed E-state index contributed by atoms with van der Waals surface area (Å²) < 4.78 is 32.3. The van der Waals surface area contributed by atoms with Crippen molar-refractivity contribution in [2.75, 3.05) is 19.8 Å². The minimum absolute atomic E-state index is 0.0401. The van der Waals surface area contributed by atoms with Gasteiger partial charge in [-0.2, -0.15) is 0 Å². The number of hydrogen-bond acceptors (Lipinski definition) is 4. The summed E-state index contributed by atoms with van der Waals surface area (Å²) in [4.78, 5) is -0.0692. The van der Waals surface area contributed by atoms with Gasteiger partial charge in [-0.1, -0.05) is 23.2 Å². The third-order valence-electron chi connectivity index (χ3n) is 3.47. The summed E-state index contributed by atoms with van der Waals surface area (Å²) in [6, 6.07) is 2.75.